The highest BCUT2D eigenvalue weighted by atomic mass is 35.5. The first-order chi connectivity index (χ1) is 8.09. The minimum atomic E-state index is -0.00563. The van der Waals surface area contributed by atoms with Crippen LogP contribution in [0.4, 0.5) is 0 Å². The molecule has 17 heavy (non-hydrogen) atoms. The van der Waals surface area contributed by atoms with Crippen LogP contribution in [0.1, 0.15) is 18.9 Å². The highest BCUT2D eigenvalue weighted by Gasteiger charge is 2.40. The van der Waals surface area contributed by atoms with Gasteiger partial charge in [-0.3, -0.25) is 0 Å². The van der Waals surface area contributed by atoms with Crippen LogP contribution in [0, 0.1) is 5.41 Å². The summed E-state index contributed by atoms with van der Waals surface area (Å²) in [4.78, 5) is 0. The zero-order chi connectivity index (χ0) is 12.5. The van der Waals surface area contributed by atoms with Gasteiger partial charge in [-0.25, -0.2) is 0 Å². The number of hydrogen-bond donors (Lipinski definition) is 1. The van der Waals surface area contributed by atoms with Gasteiger partial charge in [0.2, 0.25) is 0 Å². The van der Waals surface area contributed by atoms with E-state index in [2.05, 4.69) is 6.92 Å². The van der Waals surface area contributed by atoms with E-state index in [1.165, 1.54) is 0 Å². The second kappa shape index (κ2) is 5.15. The summed E-state index contributed by atoms with van der Waals surface area (Å²) in [6, 6.07) is 5.74. The second-order valence-corrected chi connectivity index (χ2v) is 5.50. The third-order valence-electron chi connectivity index (χ3n) is 3.81. The summed E-state index contributed by atoms with van der Waals surface area (Å²) in [6.45, 7) is 3.46. The Labute approximate surface area is 112 Å². The zero-order valence-corrected chi connectivity index (χ0v) is 11.4. The summed E-state index contributed by atoms with van der Waals surface area (Å²) >= 11 is 12.3. The molecule has 0 spiro atoms. The molecule has 94 valence electrons. The lowest BCUT2D eigenvalue weighted by molar-refractivity contribution is 0.0674. The van der Waals surface area contributed by atoms with Gasteiger partial charge in [0, 0.05) is 18.6 Å². The SMILES string of the molecule is CC1OCCC1(CN)Cc1cccc(Cl)c1Cl. The van der Waals surface area contributed by atoms with Crippen molar-refractivity contribution >= 4 is 23.2 Å². The van der Waals surface area contributed by atoms with E-state index in [9.17, 15) is 0 Å². The molecule has 0 aromatic heterocycles. The fraction of sp³-hybridized carbons (Fsp3) is 0.538. The molecule has 2 unspecified atom stereocenters. The van der Waals surface area contributed by atoms with Gasteiger partial charge in [-0.15, -0.1) is 0 Å². The first-order valence-corrected chi connectivity index (χ1v) is 6.59. The van der Waals surface area contributed by atoms with E-state index >= 15 is 0 Å². The summed E-state index contributed by atoms with van der Waals surface area (Å²) in [5.74, 6) is 0. The molecule has 0 amide bonds. The molecule has 1 saturated heterocycles. The van der Waals surface area contributed by atoms with Crippen molar-refractivity contribution in [2.24, 2.45) is 11.1 Å². The van der Waals surface area contributed by atoms with Crippen LogP contribution in [-0.4, -0.2) is 19.3 Å². The summed E-state index contributed by atoms with van der Waals surface area (Å²) in [6.07, 6.45) is 1.97. The fourth-order valence-corrected chi connectivity index (χ4v) is 2.84. The Morgan fingerprint density at radius 2 is 2.24 bits per heavy atom. The van der Waals surface area contributed by atoms with Crippen molar-refractivity contribution in [3.8, 4) is 0 Å². The van der Waals surface area contributed by atoms with Crippen LogP contribution in [0.25, 0.3) is 0 Å². The minimum absolute atomic E-state index is 0.00563. The summed E-state index contributed by atoms with van der Waals surface area (Å²) in [5.41, 5.74) is 6.99. The molecular formula is C13H17Cl2NO. The number of halogens is 2. The van der Waals surface area contributed by atoms with E-state index in [1.54, 1.807) is 6.07 Å². The summed E-state index contributed by atoms with van der Waals surface area (Å²) in [5, 5.41) is 1.24. The molecule has 2 N–H and O–H groups in total. The molecule has 2 atom stereocenters. The number of ether oxygens (including phenoxy) is 1. The van der Waals surface area contributed by atoms with Crippen LogP contribution in [0.2, 0.25) is 10.0 Å². The van der Waals surface area contributed by atoms with Crippen molar-refractivity contribution in [3.05, 3.63) is 33.8 Å². The molecular weight excluding hydrogens is 257 g/mol. The maximum absolute atomic E-state index is 6.22. The molecule has 1 aliphatic rings. The van der Waals surface area contributed by atoms with Gasteiger partial charge in [0.15, 0.2) is 0 Å². The van der Waals surface area contributed by atoms with Crippen LogP contribution in [0.5, 0.6) is 0 Å². The summed E-state index contributed by atoms with van der Waals surface area (Å²) in [7, 11) is 0. The Hall–Kier alpha value is -0.280. The normalized spacial score (nSPS) is 28.6. The Bertz CT molecular complexity index is 410. The van der Waals surface area contributed by atoms with Crippen molar-refractivity contribution in [2.75, 3.05) is 13.2 Å². The molecule has 0 radical (unpaired) electrons. The Morgan fingerprint density at radius 3 is 2.82 bits per heavy atom. The smallest absolute Gasteiger partial charge is 0.0624 e. The van der Waals surface area contributed by atoms with Crippen molar-refractivity contribution < 1.29 is 4.74 Å². The molecule has 1 fully saturated rings. The van der Waals surface area contributed by atoms with Crippen LogP contribution < -0.4 is 5.73 Å². The molecule has 0 saturated carbocycles. The van der Waals surface area contributed by atoms with Crippen LogP contribution in [-0.2, 0) is 11.2 Å². The number of nitrogens with two attached hydrogens (primary N) is 1. The molecule has 4 heteroatoms. The van der Waals surface area contributed by atoms with Gasteiger partial charge in [0.1, 0.15) is 0 Å². The molecule has 1 aliphatic heterocycles. The minimum Gasteiger partial charge on any atom is -0.378 e. The Balaban J connectivity index is 2.27. The third kappa shape index (κ3) is 2.45. The first kappa shape index (κ1) is 13.2. The lowest BCUT2D eigenvalue weighted by Gasteiger charge is -2.31. The maximum Gasteiger partial charge on any atom is 0.0624 e. The summed E-state index contributed by atoms with van der Waals surface area (Å²) < 4.78 is 5.65. The van der Waals surface area contributed by atoms with E-state index in [1.807, 2.05) is 12.1 Å². The molecule has 1 aromatic rings. The first-order valence-electron chi connectivity index (χ1n) is 5.83. The number of benzene rings is 1. The van der Waals surface area contributed by atoms with E-state index in [0.29, 0.717) is 16.6 Å². The van der Waals surface area contributed by atoms with Crippen LogP contribution in [0.15, 0.2) is 18.2 Å². The Kier molecular flexibility index (Phi) is 3.99. The highest BCUT2D eigenvalue weighted by Crippen LogP contribution is 2.39. The van der Waals surface area contributed by atoms with Gasteiger partial charge in [-0.05, 0) is 31.4 Å². The molecule has 2 nitrogen and oxygen atoms in total. The molecule has 0 aliphatic carbocycles. The van der Waals surface area contributed by atoms with Crippen molar-refractivity contribution in [3.63, 3.8) is 0 Å². The monoisotopic (exact) mass is 273 g/mol. The standard InChI is InChI=1S/C13H17Cl2NO/c1-9-13(8-16,5-6-17-9)7-10-3-2-4-11(14)12(10)15/h2-4,9H,5-8,16H2,1H3. The highest BCUT2D eigenvalue weighted by molar-refractivity contribution is 6.42. The fourth-order valence-electron chi connectivity index (χ4n) is 2.46. The van der Waals surface area contributed by atoms with Gasteiger partial charge in [-0.1, -0.05) is 35.3 Å². The third-order valence-corrected chi connectivity index (χ3v) is 4.67. The average Bonchev–Trinajstić information content (AvgIpc) is 2.67. The topological polar surface area (TPSA) is 35.2 Å². The number of hydrogen-bond acceptors (Lipinski definition) is 2. The van der Waals surface area contributed by atoms with E-state index in [-0.39, 0.29) is 11.5 Å². The lowest BCUT2D eigenvalue weighted by atomic mass is 9.76. The van der Waals surface area contributed by atoms with E-state index in [4.69, 9.17) is 33.7 Å². The van der Waals surface area contributed by atoms with Crippen molar-refractivity contribution in [1.82, 2.24) is 0 Å². The van der Waals surface area contributed by atoms with Gasteiger partial charge in [0.25, 0.3) is 0 Å². The second-order valence-electron chi connectivity index (χ2n) is 4.72. The quantitative estimate of drug-likeness (QED) is 0.918. The predicted molar refractivity (Wildman–Crippen MR) is 71.7 cm³/mol. The van der Waals surface area contributed by atoms with E-state index < -0.39 is 0 Å². The predicted octanol–water partition coefficient (Wildman–Crippen LogP) is 3.29. The van der Waals surface area contributed by atoms with Gasteiger partial charge >= 0.3 is 0 Å². The molecule has 2 rings (SSSR count). The number of rotatable bonds is 3. The average molecular weight is 274 g/mol. The van der Waals surface area contributed by atoms with Crippen LogP contribution in [0.3, 0.4) is 0 Å². The van der Waals surface area contributed by atoms with Crippen molar-refractivity contribution in [2.45, 2.75) is 25.9 Å². The van der Waals surface area contributed by atoms with Crippen molar-refractivity contribution in [1.29, 1.82) is 0 Å². The molecule has 0 bridgehead atoms. The molecule has 1 aromatic carbocycles. The zero-order valence-electron chi connectivity index (χ0n) is 9.88. The molecule has 1 heterocycles. The van der Waals surface area contributed by atoms with E-state index in [0.717, 1.165) is 25.0 Å². The van der Waals surface area contributed by atoms with Gasteiger partial charge in [0.05, 0.1) is 16.1 Å². The van der Waals surface area contributed by atoms with Gasteiger partial charge in [-0.2, -0.15) is 0 Å². The Morgan fingerprint density at radius 1 is 1.47 bits per heavy atom. The maximum atomic E-state index is 6.22. The van der Waals surface area contributed by atoms with Crippen LogP contribution >= 0.6 is 23.2 Å². The largest absolute Gasteiger partial charge is 0.378 e. The lowest BCUT2D eigenvalue weighted by Crippen LogP contribution is -2.38. The van der Waals surface area contributed by atoms with Gasteiger partial charge < -0.3 is 10.5 Å².